The smallest absolute Gasteiger partial charge is 0.273 e. The Morgan fingerprint density at radius 3 is 2.95 bits per heavy atom. The summed E-state index contributed by atoms with van der Waals surface area (Å²) in [4.78, 5) is 40.2. The summed E-state index contributed by atoms with van der Waals surface area (Å²) >= 11 is 0. The summed E-state index contributed by atoms with van der Waals surface area (Å²) in [6.07, 6.45) is 0. The zero-order valence-corrected chi connectivity index (χ0v) is 10.2. The Hall–Kier alpha value is -2.48. The number of carbonyl (C=O) groups is 3. The molecule has 1 aliphatic rings. The van der Waals surface area contributed by atoms with Gasteiger partial charge in [-0.2, -0.15) is 0 Å². The molecule has 8 heteroatoms. The number of nitrogens with one attached hydrogen (secondary N) is 2. The number of aromatic nitrogens is 1. The maximum absolute atomic E-state index is 12.2. The lowest BCUT2D eigenvalue weighted by atomic mass is 10.1. The Morgan fingerprint density at radius 1 is 1.53 bits per heavy atom. The second-order valence-corrected chi connectivity index (χ2v) is 4.07. The summed E-state index contributed by atoms with van der Waals surface area (Å²) in [7, 11) is 0. The minimum atomic E-state index is -0.721. The Kier molecular flexibility index (Phi) is 3.43. The van der Waals surface area contributed by atoms with E-state index in [4.69, 9.17) is 5.84 Å². The number of rotatable bonds is 2. The predicted molar refractivity (Wildman–Crippen MR) is 65.7 cm³/mol. The number of hydrazine groups is 1. The fraction of sp³-hybridized carbons (Fsp3) is 0.273. The van der Waals surface area contributed by atoms with Crippen LogP contribution < -0.4 is 16.6 Å². The minimum Gasteiger partial charge on any atom is -0.316 e. The number of nitrogen functional groups attached to an aromatic ring is 1. The Balaban J connectivity index is 2.27. The van der Waals surface area contributed by atoms with Crippen LogP contribution in [0.1, 0.15) is 17.4 Å². The van der Waals surface area contributed by atoms with Crippen molar-refractivity contribution in [2.45, 2.75) is 13.0 Å². The van der Waals surface area contributed by atoms with Gasteiger partial charge in [-0.05, 0) is 19.1 Å². The Morgan fingerprint density at radius 2 is 2.26 bits per heavy atom. The molecule has 0 aliphatic carbocycles. The maximum atomic E-state index is 12.2. The summed E-state index contributed by atoms with van der Waals surface area (Å²) in [6.45, 7) is 1.37. The van der Waals surface area contributed by atoms with Gasteiger partial charge in [-0.25, -0.2) is 10.8 Å². The van der Waals surface area contributed by atoms with Crippen molar-refractivity contribution in [3.8, 4) is 0 Å². The SMILES string of the molecule is CC1C(=O)NC(=O)CN1C(=O)c1cccc(NN)n1. The zero-order chi connectivity index (χ0) is 14.0. The molecule has 0 radical (unpaired) electrons. The topological polar surface area (TPSA) is 117 Å². The molecule has 0 saturated carbocycles. The van der Waals surface area contributed by atoms with Crippen LogP contribution in [0.2, 0.25) is 0 Å². The highest BCUT2D eigenvalue weighted by molar-refractivity contribution is 6.06. The molecule has 0 bridgehead atoms. The molecule has 4 N–H and O–H groups in total. The number of nitrogens with zero attached hydrogens (tertiary/aromatic N) is 2. The van der Waals surface area contributed by atoms with E-state index in [1.807, 2.05) is 0 Å². The highest BCUT2D eigenvalue weighted by atomic mass is 16.2. The molecule has 1 aromatic rings. The molecule has 0 spiro atoms. The van der Waals surface area contributed by atoms with Gasteiger partial charge in [0.2, 0.25) is 11.8 Å². The van der Waals surface area contributed by atoms with Gasteiger partial charge in [0.15, 0.2) is 0 Å². The van der Waals surface area contributed by atoms with Crippen LogP contribution in [0.15, 0.2) is 18.2 Å². The summed E-state index contributed by atoms with van der Waals surface area (Å²) in [5, 5.41) is 2.16. The van der Waals surface area contributed by atoms with Gasteiger partial charge in [-0.1, -0.05) is 6.07 Å². The highest BCUT2D eigenvalue weighted by Crippen LogP contribution is 2.11. The molecule has 100 valence electrons. The average Bonchev–Trinajstić information content (AvgIpc) is 2.42. The number of imide groups is 1. The van der Waals surface area contributed by atoms with Crippen LogP contribution in [-0.4, -0.2) is 40.2 Å². The van der Waals surface area contributed by atoms with Crippen molar-refractivity contribution in [1.29, 1.82) is 0 Å². The van der Waals surface area contributed by atoms with E-state index in [0.717, 1.165) is 0 Å². The van der Waals surface area contributed by atoms with Crippen LogP contribution in [0.5, 0.6) is 0 Å². The van der Waals surface area contributed by atoms with Crippen molar-refractivity contribution in [1.82, 2.24) is 15.2 Å². The van der Waals surface area contributed by atoms with Crippen molar-refractivity contribution in [2.75, 3.05) is 12.0 Å². The quantitative estimate of drug-likeness (QED) is 0.352. The maximum Gasteiger partial charge on any atom is 0.273 e. The summed E-state index contributed by atoms with van der Waals surface area (Å²) in [5.74, 6) is 4.03. The van der Waals surface area contributed by atoms with Crippen molar-refractivity contribution in [3.05, 3.63) is 23.9 Å². The number of anilines is 1. The van der Waals surface area contributed by atoms with E-state index in [-0.39, 0.29) is 12.2 Å². The van der Waals surface area contributed by atoms with E-state index in [0.29, 0.717) is 5.82 Å². The van der Waals surface area contributed by atoms with Crippen molar-refractivity contribution in [2.24, 2.45) is 5.84 Å². The fourth-order valence-electron chi connectivity index (χ4n) is 1.74. The first kappa shape index (κ1) is 13.0. The van der Waals surface area contributed by atoms with Gasteiger partial charge < -0.3 is 10.3 Å². The third kappa shape index (κ3) is 2.52. The molecule has 2 heterocycles. The van der Waals surface area contributed by atoms with Crippen LogP contribution in [0.4, 0.5) is 5.82 Å². The lowest BCUT2D eigenvalue weighted by molar-refractivity contribution is -0.138. The van der Waals surface area contributed by atoms with E-state index < -0.39 is 23.8 Å². The predicted octanol–water partition coefficient (Wildman–Crippen LogP) is -1.15. The highest BCUT2D eigenvalue weighted by Gasteiger charge is 2.34. The van der Waals surface area contributed by atoms with Crippen LogP contribution >= 0.6 is 0 Å². The molecular formula is C11H13N5O3. The first-order chi connectivity index (χ1) is 9.02. The van der Waals surface area contributed by atoms with E-state index in [2.05, 4.69) is 15.7 Å². The first-order valence-electron chi connectivity index (χ1n) is 5.61. The third-order valence-corrected chi connectivity index (χ3v) is 2.80. The number of carbonyl (C=O) groups excluding carboxylic acids is 3. The monoisotopic (exact) mass is 263 g/mol. The van der Waals surface area contributed by atoms with Gasteiger partial charge in [0.25, 0.3) is 5.91 Å². The minimum absolute atomic E-state index is 0.116. The van der Waals surface area contributed by atoms with Crippen molar-refractivity contribution in [3.63, 3.8) is 0 Å². The summed E-state index contributed by atoms with van der Waals surface area (Å²) in [6, 6.07) is 3.97. The van der Waals surface area contributed by atoms with Crippen LogP contribution in [-0.2, 0) is 9.59 Å². The molecule has 1 saturated heterocycles. The lowest BCUT2D eigenvalue weighted by Gasteiger charge is -2.31. The number of pyridine rings is 1. The molecular weight excluding hydrogens is 250 g/mol. The van der Waals surface area contributed by atoms with Gasteiger partial charge in [0, 0.05) is 0 Å². The van der Waals surface area contributed by atoms with Crippen molar-refractivity contribution >= 4 is 23.5 Å². The number of piperazine rings is 1. The Bertz CT molecular complexity index is 545. The molecule has 0 aromatic carbocycles. The molecule has 3 amide bonds. The molecule has 1 atom stereocenters. The standard InChI is InChI=1S/C11H13N5O3/c1-6-10(18)14-9(17)5-16(6)11(19)7-3-2-4-8(13-7)15-12/h2-4,6H,5,12H2,1H3,(H,13,15)(H,14,17,18). The molecule has 8 nitrogen and oxygen atoms in total. The number of hydrogen-bond donors (Lipinski definition) is 3. The molecule has 1 aliphatic heterocycles. The molecule has 1 aromatic heterocycles. The fourth-order valence-corrected chi connectivity index (χ4v) is 1.74. The second kappa shape index (κ2) is 5.02. The van der Waals surface area contributed by atoms with Crippen LogP contribution in [0.3, 0.4) is 0 Å². The Labute approximate surface area is 108 Å². The van der Waals surface area contributed by atoms with E-state index in [1.54, 1.807) is 19.1 Å². The first-order valence-corrected chi connectivity index (χ1v) is 5.61. The summed E-state index contributed by atoms with van der Waals surface area (Å²) < 4.78 is 0. The molecule has 2 rings (SSSR count). The van der Waals surface area contributed by atoms with Gasteiger partial charge in [0.05, 0.1) is 0 Å². The number of hydrogen-bond acceptors (Lipinski definition) is 6. The second-order valence-electron chi connectivity index (χ2n) is 4.07. The van der Waals surface area contributed by atoms with Crippen molar-refractivity contribution < 1.29 is 14.4 Å². The average molecular weight is 263 g/mol. The van der Waals surface area contributed by atoms with Crippen LogP contribution in [0.25, 0.3) is 0 Å². The zero-order valence-electron chi connectivity index (χ0n) is 10.2. The van der Waals surface area contributed by atoms with E-state index in [9.17, 15) is 14.4 Å². The normalized spacial score (nSPS) is 19.1. The summed E-state index contributed by atoms with van der Waals surface area (Å²) in [5.41, 5.74) is 2.44. The van der Waals surface area contributed by atoms with Gasteiger partial charge in [-0.15, -0.1) is 0 Å². The van der Waals surface area contributed by atoms with E-state index in [1.165, 1.54) is 11.0 Å². The number of amides is 3. The lowest BCUT2D eigenvalue weighted by Crippen LogP contribution is -2.58. The van der Waals surface area contributed by atoms with E-state index >= 15 is 0 Å². The number of nitrogens with two attached hydrogens (primary N) is 1. The van der Waals surface area contributed by atoms with Gasteiger partial charge in [-0.3, -0.25) is 19.7 Å². The largest absolute Gasteiger partial charge is 0.316 e. The van der Waals surface area contributed by atoms with Crippen LogP contribution in [0, 0.1) is 0 Å². The molecule has 19 heavy (non-hydrogen) atoms. The third-order valence-electron chi connectivity index (χ3n) is 2.80. The molecule has 1 fully saturated rings. The van der Waals surface area contributed by atoms with Gasteiger partial charge in [0.1, 0.15) is 24.1 Å². The van der Waals surface area contributed by atoms with Gasteiger partial charge >= 0.3 is 0 Å². The molecule has 1 unspecified atom stereocenters.